The Balaban J connectivity index is 1.89. The number of carbonyl (C=O) groups excluding carboxylic acids is 2. The molecule has 1 saturated heterocycles. The van der Waals surface area contributed by atoms with Gasteiger partial charge in [-0.15, -0.1) is 0 Å². The number of nitrogens with zero attached hydrogens (tertiary/aromatic N) is 1. The lowest BCUT2D eigenvalue weighted by molar-refractivity contribution is -0.139. The number of halogens is 1. The molecule has 2 aromatic carbocycles. The second-order valence-corrected chi connectivity index (χ2v) is 7.62. The van der Waals surface area contributed by atoms with Gasteiger partial charge in [0.1, 0.15) is 0 Å². The molecule has 0 saturated carbocycles. The van der Waals surface area contributed by atoms with Crippen LogP contribution in [0, 0.1) is 0 Å². The van der Waals surface area contributed by atoms with E-state index in [1.54, 1.807) is 49.4 Å². The first-order chi connectivity index (χ1) is 14.4. The van der Waals surface area contributed by atoms with E-state index in [2.05, 4.69) is 0 Å². The fraction of sp³-hybridized carbons (Fsp3) is 0.190. The van der Waals surface area contributed by atoms with Crippen molar-refractivity contribution in [3.63, 3.8) is 0 Å². The van der Waals surface area contributed by atoms with E-state index in [0.717, 1.165) is 22.2 Å². The average Bonchev–Trinajstić information content (AvgIpc) is 2.95. The Kier molecular flexibility index (Phi) is 7.02. The summed E-state index contributed by atoms with van der Waals surface area (Å²) in [5.74, 6) is -1.04. The fourth-order valence-electron chi connectivity index (χ4n) is 2.80. The van der Waals surface area contributed by atoms with Crippen LogP contribution in [0.1, 0.15) is 18.1 Å². The van der Waals surface area contributed by atoms with E-state index in [4.69, 9.17) is 26.2 Å². The van der Waals surface area contributed by atoms with Crippen molar-refractivity contribution in [3.05, 3.63) is 63.5 Å². The van der Waals surface area contributed by atoms with Crippen LogP contribution in [0.3, 0.4) is 0 Å². The van der Waals surface area contributed by atoms with Gasteiger partial charge in [0.15, 0.2) is 18.1 Å². The van der Waals surface area contributed by atoms with Gasteiger partial charge in [0.05, 0.1) is 18.1 Å². The average molecular weight is 448 g/mol. The summed E-state index contributed by atoms with van der Waals surface area (Å²) in [6.45, 7) is 1.67. The van der Waals surface area contributed by atoms with E-state index in [1.165, 1.54) is 6.08 Å². The van der Waals surface area contributed by atoms with Gasteiger partial charge in [0.2, 0.25) is 0 Å². The maximum atomic E-state index is 12.8. The number of hydrogen-bond donors (Lipinski definition) is 1. The van der Waals surface area contributed by atoms with E-state index in [0.29, 0.717) is 22.9 Å². The molecule has 0 aliphatic carbocycles. The molecule has 7 nitrogen and oxygen atoms in total. The quantitative estimate of drug-likeness (QED) is 0.598. The highest BCUT2D eigenvalue weighted by atomic mass is 35.5. The highest BCUT2D eigenvalue weighted by Crippen LogP contribution is 2.38. The first kappa shape index (κ1) is 21.7. The smallest absolute Gasteiger partial charge is 0.341 e. The van der Waals surface area contributed by atoms with Crippen LogP contribution in [0.25, 0.3) is 6.08 Å². The van der Waals surface area contributed by atoms with Crippen LogP contribution in [-0.4, -0.2) is 40.3 Å². The number of amides is 2. The minimum Gasteiger partial charge on any atom is -0.490 e. The van der Waals surface area contributed by atoms with Gasteiger partial charge >= 0.3 is 5.97 Å². The first-order valence-corrected chi connectivity index (χ1v) is 10.2. The Bertz CT molecular complexity index is 1020. The lowest BCUT2D eigenvalue weighted by Gasteiger charge is -2.14. The predicted octanol–water partition coefficient (Wildman–Crippen LogP) is 4.44. The fourth-order valence-corrected chi connectivity index (χ4v) is 3.84. The van der Waals surface area contributed by atoms with Crippen LogP contribution in [-0.2, 0) is 16.1 Å². The van der Waals surface area contributed by atoms with Crippen LogP contribution in [0.4, 0.5) is 4.79 Å². The number of rotatable bonds is 8. The third kappa shape index (κ3) is 5.14. The number of carbonyl (C=O) groups is 3. The van der Waals surface area contributed by atoms with Crippen molar-refractivity contribution in [2.45, 2.75) is 13.5 Å². The molecule has 3 rings (SSSR count). The van der Waals surface area contributed by atoms with Gasteiger partial charge < -0.3 is 14.6 Å². The Morgan fingerprint density at radius 1 is 1.20 bits per heavy atom. The van der Waals surface area contributed by atoms with Gasteiger partial charge in [-0.05, 0) is 48.5 Å². The van der Waals surface area contributed by atoms with Crippen molar-refractivity contribution in [1.29, 1.82) is 0 Å². The number of benzene rings is 2. The van der Waals surface area contributed by atoms with E-state index in [1.807, 2.05) is 0 Å². The summed E-state index contributed by atoms with van der Waals surface area (Å²) in [5, 5.41) is 9.06. The number of hydrogen-bond acceptors (Lipinski definition) is 6. The Morgan fingerprint density at radius 3 is 2.67 bits per heavy atom. The SMILES string of the molecule is CCOc1cccc(/C=C2\SC(=O)N(Cc3cccc(Cl)c3)C2=O)c1OCC(=O)O. The zero-order valence-corrected chi connectivity index (χ0v) is 17.5. The van der Waals surface area contributed by atoms with Gasteiger partial charge in [-0.2, -0.15) is 0 Å². The third-order valence-electron chi connectivity index (χ3n) is 4.04. The lowest BCUT2D eigenvalue weighted by Crippen LogP contribution is -2.27. The van der Waals surface area contributed by atoms with Crippen LogP contribution in [0.15, 0.2) is 47.4 Å². The molecule has 1 aliphatic heterocycles. The van der Waals surface area contributed by atoms with E-state index in [-0.39, 0.29) is 17.2 Å². The van der Waals surface area contributed by atoms with Crippen molar-refractivity contribution in [2.75, 3.05) is 13.2 Å². The van der Waals surface area contributed by atoms with Crippen molar-refractivity contribution in [1.82, 2.24) is 4.90 Å². The molecule has 1 N–H and O–H groups in total. The molecule has 2 aromatic rings. The summed E-state index contributed by atoms with van der Waals surface area (Å²) in [7, 11) is 0. The molecule has 1 heterocycles. The zero-order valence-electron chi connectivity index (χ0n) is 16.0. The molecule has 9 heteroatoms. The molecule has 0 bridgehead atoms. The molecule has 1 aliphatic rings. The van der Waals surface area contributed by atoms with Gasteiger partial charge in [-0.3, -0.25) is 14.5 Å². The Labute approximate surface area is 182 Å². The normalized spacial score (nSPS) is 15.0. The highest BCUT2D eigenvalue weighted by molar-refractivity contribution is 8.18. The Hall–Kier alpha value is -2.97. The second-order valence-electron chi connectivity index (χ2n) is 6.19. The second kappa shape index (κ2) is 9.69. The number of thioether (sulfide) groups is 1. The van der Waals surface area contributed by atoms with Gasteiger partial charge in [0.25, 0.3) is 11.1 Å². The van der Waals surface area contributed by atoms with Crippen molar-refractivity contribution < 1.29 is 29.0 Å². The van der Waals surface area contributed by atoms with E-state index >= 15 is 0 Å². The maximum Gasteiger partial charge on any atom is 0.341 e. The highest BCUT2D eigenvalue weighted by Gasteiger charge is 2.35. The van der Waals surface area contributed by atoms with Crippen molar-refractivity contribution in [3.8, 4) is 11.5 Å². The van der Waals surface area contributed by atoms with Crippen molar-refractivity contribution >= 4 is 46.6 Å². The number of ether oxygens (including phenoxy) is 2. The number of aliphatic carboxylic acids is 1. The van der Waals surface area contributed by atoms with Gasteiger partial charge in [0, 0.05) is 10.6 Å². The number of para-hydroxylation sites is 1. The van der Waals surface area contributed by atoms with Gasteiger partial charge in [-0.25, -0.2) is 4.79 Å². The van der Waals surface area contributed by atoms with Crippen LogP contribution >= 0.6 is 23.4 Å². The summed E-state index contributed by atoms with van der Waals surface area (Å²) < 4.78 is 10.9. The molecule has 0 radical (unpaired) electrons. The summed E-state index contributed by atoms with van der Waals surface area (Å²) in [4.78, 5) is 37.5. The van der Waals surface area contributed by atoms with Crippen LogP contribution in [0.2, 0.25) is 5.02 Å². The number of imide groups is 1. The molecule has 1 fully saturated rings. The monoisotopic (exact) mass is 447 g/mol. The number of carboxylic acids is 1. The summed E-state index contributed by atoms with van der Waals surface area (Å²) >= 11 is 6.78. The molecule has 2 amide bonds. The molecule has 156 valence electrons. The molecule has 0 atom stereocenters. The third-order valence-corrected chi connectivity index (χ3v) is 5.18. The van der Waals surface area contributed by atoms with Crippen LogP contribution in [0.5, 0.6) is 11.5 Å². The minimum atomic E-state index is -1.14. The molecular formula is C21H18ClNO6S. The summed E-state index contributed by atoms with van der Waals surface area (Å²) in [5.41, 5.74) is 1.17. The molecule has 0 spiro atoms. The number of carboxylic acid groups (broad SMARTS) is 1. The topological polar surface area (TPSA) is 93.1 Å². The predicted molar refractivity (Wildman–Crippen MR) is 114 cm³/mol. The van der Waals surface area contributed by atoms with E-state index in [9.17, 15) is 14.4 Å². The largest absolute Gasteiger partial charge is 0.490 e. The summed E-state index contributed by atoms with van der Waals surface area (Å²) in [6.07, 6.45) is 1.50. The zero-order chi connectivity index (χ0) is 21.7. The van der Waals surface area contributed by atoms with Gasteiger partial charge in [-0.1, -0.05) is 35.9 Å². The Morgan fingerprint density at radius 2 is 1.97 bits per heavy atom. The lowest BCUT2D eigenvalue weighted by atomic mass is 10.1. The van der Waals surface area contributed by atoms with Crippen molar-refractivity contribution in [2.24, 2.45) is 0 Å². The summed E-state index contributed by atoms with van der Waals surface area (Å²) in [6, 6.07) is 11.9. The standard InChI is InChI=1S/C21H18ClNO6S/c1-2-28-16-8-4-6-14(19(16)29-12-18(24)25)10-17-20(26)23(21(27)30-17)11-13-5-3-7-15(22)9-13/h3-10H,2,11-12H2,1H3,(H,24,25)/b17-10-. The molecule has 0 aromatic heterocycles. The first-order valence-electron chi connectivity index (χ1n) is 8.99. The molecule has 0 unspecified atom stereocenters. The minimum absolute atomic E-state index is 0.101. The molecule has 30 heavy (non-hydrogen) atoms. The van der Waals surface area contributed by atoms with Crippen LogP contribution < -0.4 is 9.47 Å². The molecular weight excluding hydrogens is 430 g/mol. The maximum absolute atomic E-state index is 12.8. The van der Waals surface area contributed by atoms with E-state index < -0.39 is 23.7 Å².